The minimum absolute atomic E-state index is 0.155. The lowest BCUT2D eigenvalue weighted by Gasteiger charge is -2.17. The number of anilines is 1. The summed E-state index contributed by atoms with van der Waals surface area (Å²) in [5.41, 5.74) is 1.84. The molecule has 0 spiro atoms. The lowest BCUT2D eigenvalue weighted by Crippen LogP contribution is -2.30. The van der Waals surface area contributed by atoms with Crippen LogP contribution in [0.4, 0.5) is 10.1 Å². The Bertz CT molecular complexity index is 1930. The third-order valence-corrected chi connectivity index (χ3v) is 8.70. The van der Waals surface area contributed by atoms with Crippen molar-refractivity contribution in [3.05, 3.63) is 122 Å². The number of benzene rings is 3. The summed E-state index contributed by atoms with van der Waals surface area (Å²) in [6, 6.07) is 19.9. The van der Waals surface area contributed by atoms with Gasteiger partial charge in [-0.15, -0.1) is 0 Å². The molecule has 0 saturated carbocycles. The molecule has 0 radical (unpaired) electrons. The van der Waals surface area contributed by atoms with Crippen molar-refractivity contribution >= 4 is 26.9 Å². The molecule has 0 bridgehead atoms. The van der Waals surface area contributed by atoms with Gasteiger partial charge in [0.25, 0.3) is 15.6 Å². The zero-order valence-corrected chi connectivity index (χ0v) is 24.2. The van der Waals surface area contributed by atoms with E-state index in [2.05, 4.69) is 19.7 Å². The predicted molar refractivity (Wildman–Crippen MR) is 161 cm³/mol. The van der Waals surface area contributed by atoms with E-state index in [1.54, 1.807) is 66.7 Å². The van der Waals surface area contributed by atoms with E-state index in [1.807, 2.05) is 13.8 Å². The van der Waals surface area contributed by atoms with Crippen LogP contribution in [0.25, 0.3) is 11.2 Å². The maximum absolute atomic E-state index is 14.8. The molecule has 42 heavy (non-hydrogen) atoms. The molecule has 0 aliphatic carbocycles. The first kappa shape index (κ1) is 29.0. The van der Waals surface area contributed by atoms with E-state index < -0.39 is 27.2 Å². The van der Waals surface area contributed by atoms with E-state index in [9.17, 15) is 22.4 Å². The molecule has 1 unspecified atom stereocenters. The summed E-state index contributed by atoms with van der Waals surface area (Å²) in [7, 11) is -3.81. The van der Waals surface area contributed by atoms with E-state index in [0.717, 1.165) is 24.8 Å². The summed E-state index contributed by atoms with van der Waals surface area (Å²) in [6.07, 6.45) is 2.58. The van der Waals surface area contributed by atoms with E-state index in [4.69, 9.17) is 0 Å². The molecule has 0 aliphatic rings. The van der Waals surface area contributed by atoms with E-state index in [0.29, 0.717) is 29.2 Å². The van der Waals surface area contributed by atoms with Gasteiger partial charge in [0, 0.05) is 18.2 Å². The van der Waals surface area contributed by atoms with Crippen LogP contribution in [0.2, 0.25) is 0 Å². The quantitative estimate of drug-likeness (QED) is 0.198. The fourth-order valence-corrected chi connectivity index (χ4v) is 5.96. The van der Waals surface area contributed by atoms with Gasteiger partial charge in [-0.3, -0.25) is 19.1 Å². The standard InChI is InChI=1S/C31H32FN5O4S/c1-3-5-18-37-29-27(30(38)35-31(37)39)33-28(34-29)25(19-22-8-6-7-9-26(22)32)21-12-14-23(15-13-21)36-42(40,41)24-16-10-20(4-2)11-17-24/h6-17,25,36H,3-5,18-19H2,1-2H3,(H,33,34)(H,35,38,39). The SMILES string of the molecule is CCCCn1c(=O)[nH]c(=O)c2[nH]c(C(Cc3ccccc3F)c3ccc(NS(=O)(=O)c4ccc(CC)cc4)cc3)nc21. The largest absolute Gasteiger partial charge is 0.336 e. The van der Waals surface area contributed by atoms with Gasteiger partial charge in [0.1, 0.15) is 17.2 Å². The van der Waals surface area contributed by atoms with Crippen LogP contribution in [0.15, 0.2) is 87.3 Å². The number of H-pyrrole nitrogens is 2. The van der Waals surface area contributed by atoms with Crippen LogP contribution in [0.5, 0.6) is 0 Å². The minimum Gasteiger partial charge on any atom is -0.336 e. The summed E-state index contributed by atoms with van der Waals surface area (Å²) in [5, 5.41) is 0. The molecule has 5 rings (SSSR count). The van der Waals surface area contributed by atoms with Crippen LogP contribution in [-0.2, 0) is 29.4 Å². The fraction of sp³-hybridized carbons (Fsp3) is 0.258. The Morgan fingerprint density at radius 1 is 0.952 bits per heavy atom. The van der Waals surface area contributed by atoms with Gasteiger partial charge in [-0.25, -0.2) is 22.6 Å². The Morgan fingerprint density at radius 3 is 2.33 bits per heavy atom. The van der Waals surface area contributed by atoms with Crippen molar-refractivity contribution in [2.45, 2.75) is 56.9 Å². The molecule has 9 nitrogen and oxygen atoms in total. The van der Waals surface area contributed by atoms with Crippen LogP contribution < -0.4 is 16.0 Å². The van der Waals surface area contributed by atoms with E-state index >= 15 is 0 Å². The zero-order chi connectivity index (χ0) is 29.9. The van der Waals surface area contributed by atoms with Gasteiger partial charge >= 0.3 is 5.69 Å². The number of fused-ring (bicyclic) bond motifs is 1. The van der Waals surface area contributed by atoms with Crippen molar-refractivity contribution in [1.82, 2.24) is 19.5 Å². The number of sulfonamides is 1. The van der Waals surface area contributed by atoms with Crippen molar-refractivity contribution in [3.63, 3.8) is 0 Å². The van der Waals surface area contributed by atoms with E-state index in [1.165, 1.54) is 10.6 Å². The Labute approximate surface area is 242 Å². The highest BCUT2D eigenvalue weighted by molar-refractivity contribution is 7.92. The van der Waals surface area contributed by atoms with Crippen LogP contribution in [0.3, 0.4) is 0 Å². The Hall–Kier alpha value is -4.51. The van der Waals surface area contributed by atoms with Crippen molar-refractivity contribution in [2.24, 2.45) is 0 Å². The van der Waals surface area contributed by atoms with E-state index in [-0.39, 0.29) is 28.3 Å². The molecular weight excluding hydrogens is 557 g/mol. The number of hydrogen-bond acceptors (Lipinski definition) is 5. The third-order valence-electron chi connectivity index (χ3n) is 7.31. The second-order valence-corrected chi connectivity index (χ2v) is 11.8. The van der Waals surface area contributed by atoms with Gasteiger partial charge in [0.15, 0.2) is 5.65 Å². The second-order valence-electron chi connectivity index (χ2n) is 10.2. The molecule has 3 N–H and O–H groups in total. The highest BCUT2D eigenvalue weighted by atomic mass is 32.2. The number of rotatable bonds is 11. The summed E-state index contributed by atoms with van der Waals surface area (Å²) in [4.78, 5) is 35.5. The topological polar surface area (TPSA) is 130 Å². The Morgan fingerprint density at radius 2 is 1.67 bits per heavy atom. The summed E-state index contributed by atoms with van der Waals surface area (Å²) >= 11 is 0. The molecule has 5 aromatic rings. The molecule has 11 heteroatoms. The van der Waals surface area contributed by atoms with Crippen molar-refractivity contribution in [2.75, 3.05) is 4.72 Å². The monoisotopic (exact) mass is 589 g/mol. The maximum Gasteiger partial charge on any atom is 0.330 e. The predicted octanol–water partition coefficient (Wildman–Crippen LogP) is 5.09. The number of aromatic nitrogens is 4. The summed E-state index contributed by atoms with van der Waals surface area (Å²) in [5.74, 6) is -0.524. The lowest BCUT2D eigenvalue weighted by molar-refractivity contribution is 0.597. The van der Waals surface area contributed by atoms with Gasteiger partial charge in [0.2, 0.25) is 0 Å². The van der Waals surface area contributed by atoms with Crippen LogP contribution >= 0.6 is 0 Å². The molecule has 0 aliphatic heterocycles. The number of hydrogen-bond donors (Lipinski definition) is 3. The number of nitrogens with one attached hydrogen (secondary N) is 3. The smallest absolute Gasteiger partial charge is 0.330 e. The van der Waals surface area contributed by atoms with Crippen molar-refractivity contribution < 1.29 is 12.8 Å². The van der Waals surface area contributed by atoms with Gasteiger partial charge in [-0.05, 0) is 66.3 Å². The molecular formula is C31H32FN5O4S. The number of halogens is 1. The molecule has 2 heterocycles. The molecule has 3 aromatic carbocycles. The Kier molecular flexibility index (Phi) is 8.39. The summed E-state index contributed by atoms with van der Waals surface area (Å²) < 4.78 is 44.7. The van der Waals surface area contributed by atoms with Crippen molar-refractivity contribution in [3.8, 4) is 0 Å². The number of aryl methyl sites for hydroxylation is 2. The first-order chi connectivity index (χ1) is 20.2. The van der Waals surface area contributed by atoms with Gasteiger partial charge in [-0.1, -0.05) is 62.7 Å². The first-order valence-electron chi connectivity index (χ1n) is 13.9. The number of unbranched alkanes of at least 4 members (excludes halogenated alkanes) is 1. The molecule has 218 valence electrons. The Balaban J connectivity index is 1.52. The van der Waals surface area contributed by atoms with Crippen LogP contribution in [-0.4, -0.2) is 27.9 Å². The van der Waals surface area contributed by atoms with Gasteiger partial charge < -0.3 is 4.98 Å². The molecule has 0 saturated heterocycles. The number of nitrogens with zero attached hydrogens (tertiary/aromatic N) is 2. The summed E-state index contributed by atoms with van der Waals surface area (Å²) in [6.45, 7) is 4.39. The van der Waals surface area contributed by atoms with Gasteiger partial charge in [0.05, 0.1) is 4.90 Å². The van der Waals surface area contributed by atoms with Crippen molar-refractivity contribution in [1.29, 1.82) is 0 Å². The highest BCUT2D eigenvalue weighted by Gasteiger charge is 2.23. The molecule has 1 atom stereocenters. The number of imidazole rings is 1. The fourth-order valence-electron chi connectivity index (χ4n) is 4.91. The van der Waals surface area contributed by atoms with Crippen LogP contribution in [0, 0.1) is 5.82 Å². The van der Waals surface area contributed by atoms with Gasteiger partial charge in [-0.2, -0.15) is 0 Å². The van der Waals surface area contributed by atoms with Crippen LogP contribution in [0.1, 0.15) is 55.1 Å². The highest BCUT2D eigenvalue weighted by Crippen LogP contribution is 2.30. The number of aromatic amines is 2. The first-order valence-corrected chi connectivity index (χ1v) is 15.4. The molecule has 0 amide bonds. The second kappa shape index (κ2) is 12.2. The zero-order valence-electron chi connectivity index (χ0n) is 23.4. The minimum atomic E-state index is -3.81. The maximum atomic E-state index is 14.8. The molecule has 0 fully saturated rings. The normalized spacial score (nSPS) is 12.5. The lowest BCUT2D eigenvalue weighted by atomic mass is 9.91. The average Bonchev–Trinajstić information content (AvgIpc) is 3.43. The molecule has 2 aromatic heterocycles. The third kappa shape index (κ3) is 6.06. The average molecular weight is 590 g/mol.